The van der Waals surface area contributed by atoms with E-state index in [-0.39, 0.29) is 12.6 Å². The second-order valence-electron chi connectivity index (χ2n) is 3.68. The van der Waals surface area contributed by atoms with Crippen molar-refractivity contribution in [2.75, 3.05) is 26.8 Å². The van der Waals surface area contributed by atoms with Crippen molar-refractivity contribution >= 4 is 5.91 Å². The van der Waals surface area contributed by atoms with Gasteiger partial charge in [0.1, 0.15) is 0 Å². The summed E-state index contributed by atoms with van der Waals surface area (Å²) in [5.74, 6) is 0.000230. The van der Waals surface area contributed by atoms with Crippen LogP contribution in [0.25, 0.3) is 0 Å². The molecule has 0 radical (unpaired) electrons. The Kier molecular flexibility index (Phi) is 5.62. The normalized spacial score (nSPS) is 11.4. The van der Waals surface area contributed by atoms with Crippen LogP contribution in [0.4, 0.5) is 4.39 Å². The van der Waals surface area contributed by atoms with Gasteiger partial charge < -0.3 is 10.6 Å². The Hall–Kier alpha value is -0.640. The molecular weight excluding hydrogens is 171 g/mol. The van der Waals surface area contributed by atoms with Crippen molar-refractivity contribution < 1.29 is 9.18 Å². The summed E-state index contributed by atoms with van der Waals surface area (Å²) in [5.41, 5.74) is -0.426. The Balaban J connectivity index is 3.69. The molecule has 0 rings (SSSR count). The molecule has 0 saturated heterocycles. The van der Waals surface area contributed by atoms with Gasteiger partial charge in [0.15, 0.2) is 0 Å². The number of rotatable bonds is 6. The van der Waals surface area contributed by atoms with E-state index in [0.717, 1.165) is 0 Å². The topological polar surface area (TPSA) is 41.1 Å². The molecule has 0 fully saturated rings. The predicted octanol–water partition coefficient (Wildman–Crippen LogP) is 0.708. The van der Waals surface area contributed by atoms with Gasteiger partial charge in [0, 0.05) is 13.6 Å². The number of hydrogen-bond acceptors (Lipinski definition) is 2. The molecule has 0 aromatic carbocycles. The third-order valence-electron chi connectivity index (χ3n) is 1.90. The van der Waals surface area contributed by atoms with Crippen LogP contribution in [0, 0.1) is 5.41 Å². The number of carbonyl (C=O) groups excluding carboxylic acids is 1. The summed E-state index contributed by atoms with van der Waals surface area (Å²) in [6.45, 7) is 4.60. The molecule has 0 atom stereocenters. The molecule has 3 nitrogen and oxygen atoms in total. The smallest absolute Gasteiger partial charge is 0.226 e. The quantitative estimate of drug-likeness (QED) is 0.606. The molecule has 13 heavy (non-hydrogen) atoms. The third kappa shape index (κ3) is 4.83. The van der Waals surface area contributed by atoms with E-state index in [2.05, 4.69) is 10.6 Å². The molecule has 4 heteroatoms. The fourth-order valence-corrected chi connectivity index (χ4v) is 1.01. The van der Waals surface area contributed by atoms with Crippen molar-refractivity contribution in [2.45, 2.75) is 20.3 Å². The second-order valence-corrected chi connectivity index (χ2v) is 3.68. The largest absolute Gasteiger partial charge is 0.359 e. The molecule has 78 valence electrons. The number of nitrogens with one attached hydrogen (secondary N) is 2. The van der Waals surface area contributed by atoms with Gasteiger partial charge in [-0.1, -0.05) is 0 Å². The molecule has 0 bridgehead atoms. The first-order chi connectivity index (χ1) is 6.04. The summed E-state index contributed by atoms with van der Waals surface area (Å²) in [5, 5.41) is 5.63. The maximum atomic E-state index is 11.7. The number of halogens is 1. The summed E-state index contributed by atoms with van der Waals surface area (Å²) in [7, 11) is 1.62. The molecule has 0 aromatic rings. The minimum absolute atomic E-state index is 0.000230. The summed E-state index contributed by atoms with van der Waals surface area (Å²) >= 11 is 0. The Morgan fingerprint density at radius 1 is 1.46 bits per heavy atom. The third-order valence-corrected chi connectivity index (χ3v) is 1.90. The highest BCUT2D eigenvalue weighted by molar-refractivity contribution is 5.81. The Bertz CT molecular complexity index is 160. The molecule has 2 N–H and O–H groups in total. The average molecular weight is 190 g/mol. The number of amides is 1. The van der Waals surface area contributed by atoms with Gasteiger partial charge in [0.25, 0.3) is 0 Å². The molecule has 0 unspecified atom stereocenters. The Morgan fingerprint density at radius 2 is 2.08 bits per heavy atom. The standard InChI is InChI=1S/C9H19FN2O/c1-9(2,8(13)11-3)7-12-6-4-5-10/h12H,4-7H2,1-3H3,(H,11,13). The van der Waals surface area contributed by atoms with Crippen LogP contribution in [0.2, 0.25) is 0 Å². The Labute approximate surface area is 79.1 Å². The first-order valence-electron chi connectivity index (χ1n) is 4.53. The van der Waals surface area contributed by atoms with Crippen molar-refractivity contribution in [3.63, 3.8) is 0 Å². The molecule has 0 aliphatic carbocycles. The molecule has 1 amide bonds. The highest BCUT2D eigenvalue weighted by Crippen LogP contribution is 2.12. The predicted molar refractivity (Wildman–Crippen MR) is 51.3 cm³/mol. The first-order valence-corrected chi connectivity index (χ1v) is 4.53. The van der Waals surface area contributed by atoms with Crippen LogP contribution in [-0.2, 0) is 4.79 Å². The molecule has 0 saturated carbocycles. The number of carbonyl (C=O) groups is 1. The molecular formula is C9H19FN2O. The monoisotopic (exact) mass is 190 g/mol. The van der Waals surface area contributed by atoms with Crippen LogP contribution in [0.5, 0.6) is 0 Å². The summed E-state index contributed by atoms with van der Waals surface area (Å²) in [6.07, 6.45) is 0.504. The fourth-order valence-electron chi connectivity index (χ4n) is 1.01. The van der Waals surface area contributed by atoms with Gasteiger partial charge in [-0.2, -0.15) is 0 Å². The van der Waals surface area contributed by atoms with E-state index >= 15 is 0 Å². The van der Waals surface area contributed by atoms with Crippen molar-refractivity contribution in [1.29, 1.82) is 0 Å². The van der Waals surface area contributed by atoms with Crippen LogP contribution >= 0.6 is 0 Å². The van der Waals surface area contributed by atoms with E-state index in [1.807, 2.05) is 13.8 Å². The first kappa shape index (κ1) is 12.4. The van der Waals surface area contributed by atoms with Crippen LogP contribution in [0.3, 0.4) is 0 Å². The van der Waals surface area contributed by atoms with Gasteiger partial charge in [-0.3, -0.25) is 9.18 Å². The highest BCUT2D eigenvalue weighted by Gasteiger charge is 2.25. The minimum Gasteiger partial charge on any atom is -0.359 e. The van der Waals surface area contributed by atoms with Crippen LogP contribution in [0.15, 0.2) is 0 Å². The maximum Gasteiger partial charge on any atom is 0.226 e. The van der Waals surface area contributed by atoms with Crippen molar-refractivity contribution in [3.8, 4) is 0 Å². The lowest BCUT2D eigenvalue weighted by Gasteiger charge is -2.22. The fraction of sp³-hybridized carbons (Fsp3) is 0.889. The summed E-state index contributed by atoms with van der Waals surface area (Å²) in [6, 6.07) is 0. The van der Waals surface area contributed by atoms with Crippen LogP contribution in [-0.4, -0.2) is 32.7 Å². The van der Waals surface area contributed by atoms with E-state index in [1.165, 1.54) is 0 Å². The lowest BCUT2D eigenvalue weighted by molar-refractivity contribution is -0.128. The summed E-state index contributed by atoms with van der Waals surface area (Å²) in [4.78, 5) is 11.3. The van der Waals surface area contributed by atoms with E-state index in [1.54, 1.807) is 7.05 Å². The van der Waals surface area contributed by atoms with Gasteiger partial charge >= 0.3 is 0 Å². The van der Waals surface area contributed by atoms with Gasteiger partial charge in [0.2, 0.25) is 5.91 Å². The van der Waals surface area contributed by atoms with Gasteiger partial charge in [-0.15, -0.1) is 0 Å². The van der Waals surface area contributed by atoms with Crippen molar-refractivity contribution in [3.05, 3.63) is 0 Å². The van der Waals surface area contributed by atoms with Crippen LogP contribution in [0.1, 0.15) is 20.3 Å². The van der Waals surface area contributed by atoms with Gasteiger partial charge in [0.05, 0.1) is 12.1 Å². The zero-order chi connectivity index (χ0) is 10.3. The molecule has 0 spiro atoms. The maximum absolute atomic E-state index is 11.7. The van der Waals surface area contributed by atoms with Gasteiger partial charge in [-0.05, 0) is 26.8 Å². The molecule has 0 heterocycles. The lowest BCUT2D eigenvalue weighted by atomic mass is 9.92. The molecule has 0 aliphatic rings. The highest BCUT2D eigenvalue weighted by atomic mass is 19.1. The average Bonchev–Trinajstić information content (AvgIpc) is 2.11. The zero-order valence-corrected chi connectivity index (χ0v) is 8.61. The minimum atomic E-state index is -0.426. The molecule has 0 aromatic heterocycles. The van der Waals surface area contributed by atoms with E-state index in [0.29, 0.717) is 19.5 Å². The molecule has 0 aliphatic heterocycles. The van der Waals surface area contributed by atoms with Gasteiger partial charge in [-0.25, -0.2) is 0 Å². The van der Waals surface area contributed by atoms with Crippen molar-refractivity contribution in [2.24, 2.45) is 5.41 Å². The van der Waals surface area contributed by atoms with Crippen molar-refractivity contribution in [1.82, 2.24) is 10.6 Å². The Morgan fingerprint density at radius 3 is 2.54 bits per heavy atom. The van der Waals surface area contributed by atoms with E-state index in [9.17, 15) is 9.18 Å². The number of hydrogen-bond donors (Lipinski definition) is 2. The van der Waals surface area contributed by atoms with E-state index in [4.69, 9.17) is 0 Å². The van der Waals surface area contributed by atoms with E-state index < -0.39 is 5.41 Å². The SMILES string of the molecule is CNC(=O)C(C)(C)CNCCCF. The summed E-state index contributed by atoms with van der Waals surface area (Å²) < 4.78 is 11.7. The number of alkyl halides is 1. The van der Waals surface area contributed by atoms with Crippen LogP contribution < -0.4 is 10.6 Å². The lowest BCUT2D eigenvalue weighted by Crippen LogP contribution is -2.42. The second kappa shape index (κ2) is 5.91. The zero-order valence-electron chi connectivity index (χ0n) is 8.61.